The van der Waals surface area contributed by atoms with Crippen LogP contribution in [0.25, 0.3) is 11.3 Å². The van der Waals surface area contributed by atoms with Gasteiger partial charge in [0.05, 0.1) is 31.7 Å². The molecule has 0 unspecified atom stereocenters. The Bertz CT molecular complexity index is 1130. The molecule has 2 N–H and O–H groups in total. The molecule has 0 aliphatic carbocycles. The van der Waals surface area contributed by atoms with Gasteiger partial charge in [0, 0.05) is 24.0 Å². The van der Waals surface area contributed by atoms with E-state index in [-0.39, 0.29) is 17.0 Å². The van der Waals surface area contributed by atoms with Crippen LogP contribution < -0.4 is 20.5 Å². The van der Waals surface area contributed by atoms with Crippen LogP contribution in [0, 0.1) is 5.95 Å². The van der Waals surface area contributed by atoms with E-state index in [1.54, 1.807) is 12.1 Å². The number of nitrogens with zero attached hydrogens (tertiary/aromatic N) is 4. The van der Waals surface area contributed by atoms with E-state index in [2.05, 4.69) is 30.5 Å². The first-order valence-electron chi connectivity index (χ1n) is 8.73. The average molecular weight is 412 g/mol. The van der Waals surface area contributed by atoms with Crippen molar-refractivity contribution in [2.75, 3.05) is 13.7 Å². The molecule has 0 atom stereocenters. The Kier molecular flexibility index (Phi) is 6.42. The summed E-state index contributed by atoms with van der Waals surface area (Å²) in [5.41, 5.74) is 2.05. The minimum Gasteiger partial charge on any atom is -0.495 e. The number of aromatic nitrogens is 4. The predicted molar refractivity (Wildman–Crippen MR) is 105 cm³/mol. The molecule has 30 heavy (non-hydrogen) atoms. The van der Waals surface area contributed by atoms with Gasteiger partial charge in [-0.15, -0.1) is 0 Å². The highest BCUT2D eigenvalue weighted by Crippen LogP contribution is 2.15. The number of H-pyrrole nitrogens is 1. The highest BCUT2D eigenvalue weighted by Gasteiger charge is 2.13. The first kappa shape index (κ1) is 20.6. The van der Waals surface area contributed by atoms with Crippen molar-refractivity contribution in [2.45, 2.75) is 6.92 Å². The fraction of sp³-hybridized carbons (Fsp3) is 0.158. The number of hydrogen-bond donors (Lipinski definition) is 2. The monoisotopic (exact) mass is 412 g/mol. The number of hydrogen-bond acceptors (Lipinski definition) is 8. The van der Waals surface area contributed by atoms with E-state index in [1.165, 1.54) is 25.6 Å². The number of rotatable bonds is 7. The first-order valence-corrected chi connectivity index (χ1v) is 8.73. The van der Waals surface area contributed by atoms with Crippen LogP contribution in [0.5, 0.6) is 11.6 Å². The Labute approximate surface area is 169 Å². The molecule has 0 aromatic carbocycles. The SMILES string of the molecule is CCOc1ccc(-c2nc(C(=O)N/N=C/c3cc(OC)cnc3F)c[nH]c2=O)cn1. The molecule has 0 fully saturated rings. The number of hydrazone groups is 1. The van der Waals surface area contributed by atoms with Crippen LogP contribution in [-0.4, -0.2) is 45.8 Å². The number of nitrogens with one attached hydrogen (secondary N) is 2. The summed E-state index contributed by atoms with van der Waals surface area (Å²) in [6.45, 7) is 2.28. The summed E-state index contributed by atoms with van der Waals surface area (Å²) < 4.78 is 23.9. The fourth-order valence-corrected chi connectivity index (χ4v) is 2.34. The molecule has 0 spiro atoms. The van der Waals surface area contributed by atoms with Crippen LogP contribution in [0.4, 0.5) is 4.39 Å². The number of carbonyl (C=O) groups excluding carboxylic acids is 1. The first-order chi connectivity index (χ1) is 14.5. The average Bonchev–Trinajstić information content (AvgIpc) is 2.76. The largest absolute Gasteiger partial charge is 0.495 e. The van der Waals surface area contributed by atoms with Gasteiger partial charge in [0.1, 0.15) is 17.1 Å². The van der Waals surface area contributed by atoms with Crippen LogP contribution in [-0.2, 0) is 0 Å². The minimum atomic E-state index is -0.777. The van der Waals surface area contributed by atoms with Crippen molar-refractivity contribution in [1.82, 2.24) is 25.4 Å². The second-order valence-electron chi connectivity index (χ2n) is 5.74. The molecule has 0 saturated carbocycles. The van der Waals surface area contributed by atoms with Gasteiger partial charge in [0.15, 0.2) is 0 Å². The molecule has 0 radical (unpaired) electrons. The summed E-state index contributed by atoms with van der Waals surface area (Å²) in [4.78, 5) is 38.5. The number of methoxy groups -OCH3 is 1. The number of carbonyl (C=O) groups is 1. The Hall–Kier alpha value is -4.15. The zero-order valence-electron chi connectivity index (χ0n) is 16.0. The van der Waals surface area contributed by atoms with Crippen molar-refractivity contribution < 1.29 is 18.7 Å². The normalized spacial score (nSPS) is 10.8. The molecule has 3 rings (SSSR count). The Morgan fingerprint density at radius 3 is 2.87 bits per heavy atom. The van der Waals surface area contributed by atoms with Gasteiger partial charge >= 0.3 is 0 Å². The Balaban J connectivity index is 1.77. The number of pyridine rings is 2. The van der Waals surface area contributed by atoms with Gasteiger partial charge in [-0.1, -0.05) is 0 Å². The van der Waals surface area contributed by atoms with Crippen LogP contribution in [0.2, 0.25) is 0 Å². The molecule has 0 bridgehead atoms. The van der Waals surface area contributed by atoms with Gasteiger partial charge in [-0.2, -0.15) is 9.49 Å². The quantitative estimate of drug-likeness (QED) is 0.342. The zero-order chi connectivity index (χ0) is 21.5. The summed E-state index contributed by atoms with van der Waals surface area (Å²) in [6.07, 6.45) is 4.85. The van der Waals surface area contributed by atoms with Crippen LogP contribution in [0.15, 0.2) is 46.7 Å². The summed E-state index contributed by atoms with van der Waals surface area (Å²) in [5, 5.41) is 3.69. The van der Waals surface area contributed by atoms with Crippen molar-refractivity contribution in [1.29, 1.82) is 0 Å². The second-order valence-corrected chi connectivity index (χ2v) is 5.74. The van der Waals surface area contributed by atoms with E-state index in [4.69, 9.17) is 9.47 Å². The summed E-state index contributed by atoms with van der Waals surface area (Å²) in [6, 6.07) is 4.56. The van der Waals surface area contributed by atoms with Gasteiger partial charge < -0.3 is 14.5 Å². The number of aromatic amines is 1. The van der Waals surface area contributed by atoms with Gasteiger partial charge in [-0.05, 0) is 19.1 Å². The molecule has 11 heteroatoms. The molecule has 154 valence electrons. The lowest BCUT2D eigenvalue weighted by Gasteiger charge is -2.05. The van der Waals surface area contributed by atoms with E-state index in [0.717, 1.165) is 12.4 Å². The molecule has 0 saturated heterocycles. The third-order valence-electron chi connectivity index (χ3n) is 3.77. The molecule has 3 heterocycles. The lowest BCUT2D eigenvalue weighted by Crippen LogP contribution is -2.22. The van der Waals surface area contributed by atoms with Gasteiger partial charge in [0.2, 0.25) is 11.8 Å². The van der Waals surface area contributed by atoms with E-state index >= 15 is 0 Å². The maximum Gasteiger partial charge on any atom is 0.291 e. The molecule has 0 aliphatic heterocycles. The molecule has 0 aliphatic rings. The third kappa shape index (κ3) is 4.82. The maximum atomic E-state index is 13.7. The van der Waals surface area contributed by atoms with Crippen molar-refractivity contribution in [3.05, 3.63) is 64.3 Å². The summed E-state index contributed by atoms with van der Waals surface area (Å²) in [7, 11) is 1.41. The highest BCUT2D eigenvalue weighted by molar-refractivity contribution is 5.93. The molecule has 3 aromatic heterocycles. The molecule has 1 amide bonds. The smallest absolute Gasteiger partial charge is 0.291 e. The highest BCUT2D eigenvalue weighted by atomic mass is 19.1. The topological polar surface area (TPSA) is 131 Å². The van der Waals surface area contributed by atoms with Crippen molar-refractivity contribution in [2.24, 2.45) is 5.10 Å². The maximum absolute atomic E-state index is 13.7. The third-order valence-corrected chi connectivity index (χ3v) is 3.77. The van der Waals surface area contributed by atoms with E-state index in [9.17, 15) is 14.0 Å². The Morgan fingerprint density at radius 2 is 2.17 bits per heavy atom. The number of halogens is 1. The van der Waals surface area contributed by atoms with Gasteiger partial charge in [-0.3, -0.25) is 9.59 Å². The predicted octanol–water partition coefficient (Wildman–Crippen LogP) is 1.54. The van der Waals surface area contributed by atoms with Crippen molar-refractivity contribution in [3.63, 3.8) is 0 Å². The van der Waals surface area contributed by atoms with Crippen LogP contribution in [0.3, 0.4) is 0 Å². The number of ether oxygens (including phenoxy) is 2. The second kappa shape index (κ2) is 9.37. The molecular weight excluding hydrogens is 395 g/mol. The standard InChI is InChI=1S/C19H17FN6O4/c1-3-30-15-5-4-11(7-21-15)16-19(28)23-10-14(25-16)18(27)26-24-8-12-6-13(29-2)9-22-17(12)20/h4-10H,3H2,1-2H3,(H,23,28)(H,26,27)/b24-8+. The van der Waals surface area contributed by atoms with Crippen molar-refractivity contribution in [3.8, 4) is 22.9 Å². The van der Waals surface area contributed by atoms with Crippen LogP contribution >= 0.6 is 0 Å². The molecule has 10 nitrogen and oxygen atoms in total. The summed E-state index contributed by atoms with van der Waals surface area (Å²) in [5.74, 6) is -0.750. The fourth-order valence-electron chi connectivity index (χ4n) is 2.34. The van der Waals surface area contributed by atoms with Crippen LogP contribution in [0.1, 0.15) is 23.0 Å². The zero-order valence-corrected chi connectivity index (χ0v) is 16.0. The molecule has 3 aromatic rings. The van der Waals surface area contributed by atoms with E-state index in [0.29, 0.717) is 23.8 Å². The lowest BCUT2D eigenvalue weighted by molar-refractivity contribution is 0.0949. The number of amides is 1. The van der Waals surface area contributed by atoms with Gasteiger partial charge in [0.25, 0.3) is 11.5 Å². The minimum absolute atomic E-state index is 0.00483. The Morgan fingerprint density at radius 1 is 1.33 bits per heavy atom. The molecular formula is C19H17FN6O4. The van der Waals surface area contributed by atoms with Crippen molar-refractivity contribution >= 4 is 12.1 Å². The van der Waals surface area contributed by atoms with E-state index < -0.39 is 17.4 Å². The van der Waals surface area contributed by atoms with Gasteiger partial charge in [-0.25, -0.2) is 20.4 Å². The lowest BCUT2D eigenvalue weighted by atomic mass is 10.2. The van der Waals surface area contributed by atoms with E-state index in [1.807, 2.05) is 6.92 Å². The summed E-state index contributed by atoms with van der Waals surface area (Å²) >= 11 is 0.